The molecule has 0 atom stereocenters. The number of morpholine rings is 1. The van der Waals surface area contributed by atoms with Crippen molar-refractivity contribution >= 4 is 23.2 Å². The zero-order valence-electron chi connectivity index (χ0n) is 24.1. The molecule has 1 aliphatic rings. The Morgan fingerprint density at radius 2 is 1.87 bits per heavy atom. The number of aromatic nitrogens is 2. The smallest absolute Gasteiger partial charge is 0.252 e. The molecule has 156 valence electrons. The molecule has 2 heterocycles. The van der Waals surface area contributed by atoms with Crippen molar-refractivity contribution in [1.29, 1.82) is 5.26 Å². The van der Waals surface area contributed by atoms with Gasteiger partial charge in [-0.05, 0) is 42.5 Å². The second kappa shape index (κ2) is 9.69. The fourth-order valence-corrected chi connectivity index (χ4v) is 2.74. The molecule has 2 N–H and O–H groups in total. The molecular weight excluding hydrogens is 392 g/mol. The number of nitrogens with zero attached hydrogens (tertiary/aromatic N) is 4. The maximum atomic E-state index is 12.0. The summed E-state index contributed by atoms with van der Waals surface area (Å²) >= 11 is 0. The molecule has 2 aromatic carbocycles. The first-order chi connectivity index (χ1) is 18.2. The summed E-state index contributed by atoms with van der Waals surface area (Å²) in [4.78, 5) is 21.0. The van der Waals surface area contributed by atoms with Gasteiger partial charge in [0, 0.05) is 41.7 Å². The number of rotatable bonds is 6. The van der Waals surface area contributed by atoms with Gasteiger partial charge in [-0.3, -0.25) is 4.79 Å². The van der Waals surface area contributed by atoms with Crippen molar-refractivity contribution in [2.24, 2.45) is 0 Å². The summed E-state index contributed by atoms with van der Waals surface area (Å²) in [5.41, 5.74) is 1.97. The van der Waals surface area contributed by atoms with Gasteiger partial charge in [-0.1, -0.05) is 12.1 Å². The van der Waals surface area contributed by atoms with E-state index in [1.807, 2.05) is 6.07 Å². The number of nitrogens with one attached hydrogen (secondary N) is 2. The summed E-state index contributed by atoms with van der Waals surface area (Å²) in [6.07, 6.45) is 1.52. The van der Waals surface area contributed by atoms with Crippen LogP contribution in [0.25, 0.3) is 11.3 Å². The average molecular weight is 423 g/mol. The van der Waals surface area contributed by atoms with Gasteiger partial charge in [0.15, 0.2) is 0 Å². The molecule has 0 unspecified atom stereocenters. The molecule has 0 saturated carbocycles. The Morgan fingerprint density at radius 1 is 1.13 bits per heavy atom. The minimum absolute atomic E-state index is 0.0976. The van der Waals surface area contributed by atoms with Gasteiger partial charge in [0.2, 0.25) is 5.95 Å². The molecule has 1 aliphatic heterocycles. The predicted octanol–water partition coefficient (Wildman–Crippen LogP) is 2.98. The second-order valence-electron chi connectivity index (χ2n) is 6.22. The summed E-state index contributed by atoms with van der Waals surface area (Å²) in [7, 11) is 0. The highest BCUT2D eigenvalue weighted by atomic mass is 16.5. The Morgan fingerprint density at radius 3 is 2.58 bits per heavy atom. The molecule has 1 aromatic heterocycles. The number of carbonyl (C=O) groups is 1. The topological polar surface area (TPSA) is 103 Å². The molecule has 1 amide bonds. The van der Waals surface area contributed by atoms with Crippen molar-refractivity contribution in [1.82, 2.24) is 15.3 Å². The van der Waals surface area contributed by atoms with Crippen LogP contribution in [0.5, 0.6) is 0 Å². The molecule has 4 rings (SSSR count). The van der Waals surface area contributed by atoms with Gasteiger partial charge in [-0.15, -0.1) is 0 Å². The van der Waals surface area contributed by atoms with E-state index in [4.69, 9.17) is 16.2 Å². The van der Waals surface area contributed by atoms with Crippen LogP contribution < -0.4 is 15.5 Å². The number of anilines is 3. The molecule has 0 aliphatic carbocycles. The summed E-state index contributed by atoms with van der Waals surface area (Å²) in [6.45, 7) is -12.5. The molecule has 0 radical (unpaired) electrons. The number of hydrogen-bond acceptors (Lipinski definition) is 7. The Hall–Kier alpha value is -3.96. The van der Waals surface area contributed by atoms with E-state index in [1.54, 1.807) is 30.3 Å². The maximum Gasteiger partial charge on any atom is 0.252 e. The fourth-order valence-electron chi connectivity index (χ4n) is 2.74. The summed E-state index contributed by atoms with van der Waals surface area (Å²) in [5, 5.41) is 14.0. The van der Waals surface area contributed by atoms with Gasteiger partial charge in [-0.2, -0.15) is 5.26 Å². The Kier molecular flexibility index (Phi) is 3.96. The number of carbonyl (C=O) groups excluding carboxylic acids is 1. The van der Waals surface area contributed by atoms with Crippen LogP contribution in [0.2, 0.25) is 0 Å². The second-order valence-corrected chi connectivity index (χ2v) is 6.22. The van der Waals surface area contributed by atoms with Gasteiger partial charge in [0.25, 0.3) is 5.91 Å². The van der Waals surface area contributed by atoms with Crippen molar-refractivity contribution < 1.29 is 20.5 Å². The van der Waals surface area contributed by atoms with Crippen LogP contribution in [0.4, 0.5) is 17.3 Å². The lowest BCUT2D eigenvalue weighted by Gasteiger charge is -2.28. The lowest BCUT2D eigenvalue weighted by atomic mass is 10.1. The largest absolute Gasteiger partial charge is 0.378 e. The van der Waals surface area contributed by atoms with Crippen molar-refractivity contribution in [3.05, 3.63) is 66.4 Å². The fraction of sp³-hybridized carbons (Fsp3) is 0.217. The monoisotopic (exact) mass is 422 g/mol. The van der Waals surface area contributed by atoms with Crippen LogP contribution >= 0.6 is 0 Å². The van der Waals surface area contributed by atoms with Crippen molar-refractivity contribution in [2.45, 2.75) is 0 Å². The highest BCUT2D eigenvalue weighted by Crippen LogP contribution is 2.22. The zero-order valence-corrected chi connectivity index (χ0v) is 16.1. The Labute approximate surface area is 191 Å². The highest BCUT2D eigenvalue weighted by molar-refractivity contribution is 5.94. The molecule has 8 heteroatoms. The van der Waals surface area contributed by atoms with Gasteiger partial charge >= 0.3 is 0 Å². The molecule has 31 heavy (non-hydrogen) atoms. The van der Waals surface area contributed by atoms with Crippen LogP contribution in [0.1, 0.15) is 21.3 Å². The average Bonchev–Trinajstić information content (AvgIpc) is 2.87. The third-order valence-corrected chi connectivity index (χ3v) is 4.23. The Balaban J connectivity index is 1.54. The number of amides is 1. The van der Waals surface area contributed by atoms with Crippen LogP contribution in [0.3, 0.4) is 0 Å². The summed E-state index contributed by atoms with van der Waals surface area (Å²) < 4.78 is 68.6. The minimum Gasteiger partial charge on any atom is -0.378 e. The van der Waals surface area contributed by atoms with E-state index in [1.165, 1.54) is 30.5 Å². The third-order valence-electron chi connectivity index (χ3n) is 4.23. The van der Waals surface area contributed by atoms with Gasteiger partial charge < -0.3 is 20.3 Å². The SMILES string of the molecule is [2H]C1([2H])OC([2H])([2H])C([2H])([2H])N(c2ccc(Nc3nccc(-c4ccc(C(=O)NCC#N)cc4)n3)cc2)C1([2H])[2H]. The van der Waals surface area contributed by atoms with Crippen LogP contribution in [0.15, 0.2) is 60.8 Å². The van der Waals surface area contributed by atoms with Gasteiger partial charge in [0.05, 0.1) is 35.8 Å². The van der Waals surface area contributed by atoms with Crippen molar-refractivity contribution in [2.75, 3.05) is 42.9 Å². The van der Waals surface area contributed by atoms with E-state index in [0.717, 1.165) is 0 Å². The van der Waals surface area contributed by atoms with Gasteiger partial charge in [-0.25, -0.2) is 9.97 Å². The Bertz CT molecular complexity index is 1390. The van der Waals surface area contributed by atoms with E-state index in [-0.39, 0.29) is 24.1 Å². The minimum atomic E-state index is -3.15. The maximum absolute atomic E-state index is 12.0. The number of hydrogen-bond donors (Lipinski definition) is 2. The van der Waals surface area contributed by atoms with E-state index >= 15 is 0 Å². The lowest BCUT2D eigenvalue weighted by molar-refractivity contribution is 0.0958. The van der Waals surface area contributed by atoms with Crippen LogP contribution in [-0.2, 0) is 4.74 Å². The molecule has 1 saturated heterocycles. The van der Waals surface area contributed by atoms with Crippen LogP contribution in [-0.4, -0.2) is 48.5 Å². The highest BCUT2D eigenvalue weighted by Gasteiger charge is 2.11. The zero-order chi connectivity index (χ0) is 28.6. The van der Waals surface area contributed by atoms with E-state index < -0.39 is 26.1 Å². The predicted molar refractivity (Wildman–Crippen MR) is 118 cm³/mol. The molecule has 3 aromatic rings. The van der Waals surface area contributed by atoms with E-state index in [0.29, 0.717) is 27.4 Å². The first-order valence-electron chi connectivity index (χ1n) is 13.2. The molecule has 0 bridgehead atoms. The number of benzene rings is 2. The number of ether oxygens (including phenoxy) is 1. The van der Waals surface area contributed by atoms with Crippen LogP contribution in [0, 0.1) is 11.3 Å². The first kappa shape index (κ1) is 12.7. The van der Waals surface area contributed by atoms with E-state index in [9.17, 15) is 4.79 Å². The first-order valence-corrected chi connectivity index (χ1v) is 9.16. The normalized spacial score (nSPS) is 23.6. The van der Waals surface area contributed by atoms with Crippen molar-refractivity contribution in [3.8, 4) is 17.3 Å². The number of nitriles is 1. The quantitative estimate of drug-likeness (QED) is 0.589. The summed E-state index contributed by atoms with van der Waals surface area (Å²) in [6, 6.07) is 15.7. The summed E-state index contributed by atoms with van der Waals surface area (Å²) in [5.74, 6) is -0.164. The van der Waals surface area contributed by atoms with E-state index in [2.05, 4.69) is 25.3 Å². The lowest BCUT2D eigenvalue weighted by Crippen LogP contribution is -2.36. The molecule has 8 nitrogen and oxygen atoms in total. The molecule has 0 spiro atoms. The molecule has 1 fully saturated rings. The third kappa shape index (κ3) is 5.15. The van der Waals surface area contributed by atoms with Crippen molar-refractivity contribution in [3.63, 3.8) is 0 Å². The molecular formula is C23H22N6O2. The van der Waals surface area contributed by atoms with Gasteiger partial charge in [0.1, 0.15) is 6.54 Å². The standard InChI is InChI=1S/C23H22N6O2/c24-10-12-25-22(30)18-3-1-17(2-4-18)21-9-11-26-23(28-21)27-19-5-7-20(8-6-19)29-13-15-31-16-14-29/h1-9,11H,12-16H2,(H,25,30)(H,26,27,28)/i13D2,14D2,15D2,16D2.